The molecule has 0 aliphatic heterocycles. The lowest BCUT2D eigenvalue weighted by Gasteiger charge is -2.03. The smallest absolute Gasteiger partial charge is 0.137 e. The first-order chi connectivity index (χ1) is 8.22. The Morgan fingerprint density at radius 3 is 2.24 bits per heavy atom. The molecule has 0 saturated heterocycles. The molecule has 0 fully saturated rings. The standard InChI is InChI=1S/C11H13N3.C3H8/c1-3-10-4-5-11(13-8-10)14-7-6-12-9(14)2;1-3-2/h4-8H,3H2,1-2H3;3H2,1-2H3. The fourth-order valence-electron chi connectivity index (χ4n) is 1.39. The number of hydrogen-bond donors (Lipinski definition) is 0. The minimum absolute atomic E-state index is 0.928. The summed E-state index contributed by atoms with van der Waals surface area (Å²) >= 11 is 0. The third kappa shape index (κ3) is 3.70. The molecule has 0 spiro atoms. The van der Waals surface area contributed by atoms with Gasteiger partial charge in [-0.1, -0.05) is 33.3 Å². The monoisotopic (exact) mass is 231 g/mol. The molecule has 92 valence electrons. The van der Waals surface area contributed by atoms with Gasteiger partial charge in [0.1, 0.15) is 11.6 Å². The van der Waals surface area contributed by atoms with Crippen LogP contribution in [-0.2, 0) is 6.42 Å². The number of pyridine rings is 1. The van der Waals surface area contributed by atoms with Gasteiger partial charge in [-0.3, -0.25) is 4.57 Å². The minimum atomic E-state index is 0.928. The lowest BCUT2D eigenvalue weighted by molar-refractivity contribution is 0.925. The van der Waals surface area contributed by atoms with Crippen molar-refractivity contribution in [2.45, 2.75) is 40.5 Å². The number of aromatic nitrogens is 3. The summed E-state index contributed by atoms with van der Waals surface area (Å²) in [7, 11) is 0. The van der Waals surface area contributed by atoms with Gasteiger partial charge < -0.3 is 0 Å². The molecule has 0 aromatic carbocycles. The first kappa shape index (κ1) is 13.4. The molecule has 2 aromatic rings. The van der Waals surface area contributed by atoms with E-state index in [-0.39, 0.29) is 0 Å². The average molecular weight is 231 g/mol. The van der Waals surface area contributed by atoms with Crippen LogP contribution in [0.15, 0.2) is 30.7 Å². The van der Waals surface area contributed by atoms with Gasteiger partial charge in [0, 0.05) is 18.6 Å². The van der Waals surface area contributed by atoms with Crippen LogP contribution in [0.5, 0.6) is 0 Å². The highest BCUT2D eigenvalue weighted by atomic mass is 15.1. The molecule has 0 amide bonds. The van der Waals surface area contributed by atoms with Gasteiger partial charge >= 0.3 is 0 Å². The highest BCUT2D eigenvalue weighted by Crippen LogP contribution is 2.08. The maximum absolute atomic E-state index is 4.38. The number of nitrogens with zero attached hydrogens (tertiary/aromatic N) is 3. The normalized spacial score (nSPS) is 9.65. The van der Waals surface area contributed by atoms with Gasteiger partial charge in [0.2, 0.25) is 0 Å². The van der Waals surface area contributed by atoms with Crippen LogP contribution >= 0.6 is 0 Å². The van der Waals surface area contributed by atoms with Crippen LogP contribution < -0.4 is 0 Å². The summed E-state index contributed by atoms with van der Waals surface area (Å²) in [6.45, 7) is 8.34. The van der Waals surface area contributed by atoms with Gasteiger partial charge in [0.25, 0.3) is 0 Å². The van der Waals surface area contributed by atoms with Crippen LogP contribution in [0.25, 0.3) is 5.82 Å². The lowest BCUT2D eigenvalue weighted by Crippen LogP contribution is -1.98. The van der Waals surface area contributed by atoms with E-state index >= 15 is 0 Å². The van der Waals surface area contributed by atoms with E-state index in [2.05, 4.69) is 36.8 Å². The second-order valence-electron chi connectivity index (χ2n) is 3.93. The van der Waals surface area contributed by atoms with Gasteiger partial charge in [-0.25, -0.2) is 9.97 Å². The lowest BCUT2D eigenvalue weighted by atomic mass is 10.2. The molecule has 0 radical (unpaired) electrons. The van der Waals surface area contributed by atoms with Crippen molar-refractivity contribution >= 4 is 0 Å². The summed E-state index contributed by atoms with van der Waals surface area (Å²) in [4.78, 5) is 8.53. The molecule has 0 N–H and O–H groups in total. The molecular formula is C14H21N3. The van der Waals surface area contributed by atoms with Crippen molar-refractivity contribution in [3.05, 3.63) is 42.1 Å². The van der Waals surface area contributed by atoms with Crippen molar-refractivity contribution in [2.24, 2.45) is 0 Å². The first-order valence-electron chi connectivity index (χ1n) is 6.18. The number of hydrogen-bond acceptors (Lipinski definition) is 2. The largest absolute Gasteiger partial charge is 0.288 e. The summed E-state index contributed by atoms with van der Waals surface area (Å²) in [5.41, 5.74) is 1.26. The predicted molar refractivity (Wildman–Crippen MR) is 71.4 cm³/mol. The van der Waals surface area contributed by atoms with Crippen LogP contribution in [-0.4, -0.2) is 14.5 Å². The maximum Gasteiger partial charge on any atom is 0.137 e. The van der Waals surface area contributed by atoms with Gasteiger partial charge in [-0.2, -0.15) is 0 Å². The van der Waals surface area contributed by atoms with Gasteiger partial charge in [0.15, 0.2) is 0 Å². The number of rotatable bonds is 2. The Morgan fingerprint density at radius 2 is 1.82 bits per heavy atom. The van der Waals surface area contributed by atoms with Crippen molar-refractivity contribution in [3.63, 3.8) is 0 Å². The Hall–Kier alpha value is -1.64. The third-order valence-corrected chi connectivity index (χ3v) is 2.29. The van der Waals surface area contributed by atoms with E-state index in [0.29, 0.717) is 0 Å². The van der Waals surface area contributed by atoms with Crippen LogP contribution in [0.1, 0.15) is 38.6 Å². The molecule has 0 aliphatic rings. The maximum atomic E-state index is 4.38. The second kappa shape index (κ2) is 6.84. The molecule has 3 heteroatoms. The van der Waals surface area contributed by atoms with E-state index in [1.165, 1.54) is 12.0 Å². The summed E-state index contributed by atoms with van der Waals surface area (Å²) in [5.74, 6) is 1.89. The topological polar surface area (TPSA) is 30.7 Å². The summed E-state index contributed by atoms with van der Waals surface area (Å²) < 4.78 is 1.97. The molecule has 0 atom stereocenters. The van der Waals surface area contributed by atoms with Crippen LogP contribution in [0.4, 0.5) is 0 Å². The zero-order chi connectivity index (χ0) is 12.7. The molecule has 17 heavy (non-hydrogen) atoms. The van der Waals surface area contributed by atoms with Crippen LogP contribution in [0.3, 0.4) is 0 Å². The van der Waals surface area contributed by atoms with E-state index < -0.39 is 0 Å². The fourth-order valence-corrected chi connectivity index (χ4v) is 1.39. The van der Waals surface area contributed by atoms with E-state index in [1.807, 2.05) is 30.0 Å². The van der Waals surface area contributed by atoms with E-state index in [4.69, 9.17) is 0 Å². The van der Waals surface area contributed by atoms with Crippen LogP contribution in [0, 0.1) is 6.92 Å². The molecule has 0 bridgehead atoms. The van der Waals surface area contributed by atoms with Crippen molar-refractivity contribution in [1.29, 1.82) is 0 Å². The highest BCUT2D eigenvalue weighted by molar-refractivity contribution is 5.26. The summed E-state index contributed by atoms with van der Waals surface area (Å²) in [6.07, 6.45) is 7.89. The average Bonchev–Trinajstić information content (AvgIpc) is 2.77. The quantitative estimate of drug-likeness (QED) is 0.791. The highest BCUT2D eigenvalue weighted by Gasteiger charge is 2.00. The van der Waals surface area contributed by atoms with E-state index in [1.54, 1.807) is 6.20 Å². The summed E-state index contributed by atoms with van der Waals surface area (Å²) in [5, 5.41) is 0. The molecule has 2 aromatic heterocycles. The molecule has 2 heterocycles. The van der Waals surface area contributed by atoms with Gasteiger partial charge in [0.05, 0.1) is 0 Å². The second-order valence-corrected chi connectivity index (χ2v) is 3.93. The molecular weight excluding hydrogens is 210 g/mol. The van der Waals surface area contributed by atoms with E-state index in [9.17, 15) is 0 Å². The van der Waals surface area contributed by atoms with Gasteiger partial charge in [-0.15, -0.1) is 0 Å². The fraction of sp³-hybridized carbons (Fsp3) is 0.429. The molecule has 0 aliphatic carbocycles. The Labute approximate surface area is 104 Å². The molecule has 3 nitrogen and oxygen atoms in total. The zero-order valence-corrected chi connectivity index (χ0v) is 11.1. The molecule has 0 saturated carbocycles. The third-order valence-electron chi connectivity index (χ3n) is 2.29. The SMILES string of the molecule is CCC.CCc1ccc(-n2ccnc2C)nc1. The summed E-state index contributed by atoms with van der Waals surface area (Å²) in [6, 6.07) is 4.12. The Kier molecular flexibility index (Phi) is 5.40. The Balaban J connectivity index is 0.000000437. The Morgan fingerprint density at radius 1 is 1.12 bits per heavy atom. The number of aryl methyl sites for hydroxylation is 2. The first-order valence-corrected chi connectivity index (χ1v) is 6.18. The van der Waals surface area contributed by atoms with Crippen LogP contribution in [0.2, 0.25) is 0 Å². The van der Waals surface area contributed by atoms with Crippen molar-refractivity contribution in [1.82, 2.24) is 14.5 Å². The zero-order valence-electron chi connectivity index (χ0n) is 11.1. The van der Waals surface area contributed by atoms with E-state index in [0.717, 1.165) is 18.1 Å². The minimum Gasteiger partial charge on any atom is -0.288 e. The van der Waals surface area contributed by atoms with Crippen molar-refractivity contribution in [3.8, 4) is 5.82 Å². The molecule has 0 unspecified atom stereocenters. The van der Waals surface area contributed by atoms with Crippen molar-refractivity contribution in [2.75, 3.05) is 0 Å². The van der Waals surface area contributed by atoms with Gasteiger partial charge in [-0.05, 0) is 25.0 Å². The predicted octanol–water partition coefficient (Wildman–Crippen LogP) is 3.55. The Bertz CT molecular complexity index is 429. The number of imidazole rings is 1. The molecule has 2 rings (SSSR count). The van der Waals surface area contributed by atoms with Crippen molar-refractivity contribution < 1.29 is 0 Å².